The molecule has 0 aromatic carbocycles. The minimum Gasteiger partial charge on any atom is -0.316 e. The van der Waals surface area contributed by atoms with Gasteiger partial charge in [0, 0.05) is 6.20 Å². The van der Waals surface area contributed by atoms with E-state index >= 15 is 0 Å². The summed E-state index contributed by atoms with van der Waals surface area (Å²) in [5.74, 6) is 0.614. The van der Waals surface area contributed by atoms with E-state index in [1.165, 1.54) is 0 Å². The van der Waals surface area contributed by atoms with E-state index in [1.54, 1.807) is 23.8 Å². The van der Waals surface area contributed by atoms with Crippen molar-refractivity contribution in [3.05, 3.63) is 24.4 Å². The van der Waals surface area contributed by atoms with Gasteiger partial charge in [0.05, 0.1) is 0 Å². The van der Waals surface area contributed by atoms with Crippen LogP contribution in [0.15, 0.2) is 29.4 Å². The third kappa shape index (κ3) is 3.59. The maximum Gasteiger partial charge on any atom is 0.199 e. The van der Waals surface area contributed by atoms with Gasteiger partial charge in [0.15, 0.2) is 5.11 Å². The van der Waals surface area contributed by atoms with Gasteiger partial charge in [-0.1, -0.05) is 6.07 Å². The molecule has 0 saturated carbocycles. The fourth-order valence-electron chi connectivity index (χ4n) is 0.666. The number of nitrogens with zero attached hydrogens (tertiary/aromatic N) is 2. The largest absolute Gasteiger partial charge is 0.316 e. The van der Waals surface area contributed by atoms with Crippen molar-refractivity contribution in [1.29, 1.82) is 0 Å². The van der Waals surface area contributed by atoms with Crippen molar-refractivity contribution in [2.75, 3.05) is 5.32 Å². The van der Waals surface area contributed by atoms with Gasteiger partial charge in [0.2, 0.25) is 0 Å². The molecule has 1 heterocycles. The Balaban J connectivity index is 2.50. The Morgan fingerprint density at radius 1 is 1.62 bits per heavy atom. The molecule has 1 aromatic heterocycles. The fourth-order valence-corrected chi connectivity index (χ4v) is 0.823. The Hall–Kier alpha value is -1.53. The number of nitrogens with one attached hydrogen (secondary N) is 2. The summed E-state index contributed by atoms with van der Waals surface area (Å²) in [4.78, 5) is 7.60. The van der Waals surface area contributed by atoms with Crippen LogP contribution in [0.1, 0.15) is 0 Å². The molecule has 0 bridgehead atoms. The number of hydroxylamine groups is 1. The highest BCUT2D eigenvalue weighted by molar-refractivity contribution is 7.80. The molecule has 0 fully saturated rings. The van der Waals surface area contributed by atoms with Crippen LogP contribution in [0.25, 0.3) is 0 Å². The van der Waals surface area contributed by atoms with Crippen molar-refractivity contribution < 1.29 is 5.21 Å². The zero-order valence-electron chi connectivity index (χ0n) is 6.64. The van der Waals surface area contributed by atoms with Crippen molar-refractivity contribution in [3.63, 3.8) is 0 Å². The Labute approximate surface area is 80.5 Å². The monoisotopic (exact) mass is 196 g/mol. The summed E-state index contributed by atoms with van der Waals surface area (Å²) in [6, 6.07) is 5.38. The normalized spacial score (nSPS) is 9.92. The molecule has 0 spiro atoms. The zero-order valence-corrected chi connectivity index (χ0v) is 7.45. The van der Waals surface area contributed by atoms with Gasteiger partial charge in [0.1, 0.15) is 12.2 Å². The van der Waals surface area contributed by atoms with Gasteiger partial charge in [0.25, 0.3) is 0 Å². The summed E-state index contributed by atoms with van der Waals surface area (Å²) in [7, 11) is 0. The molecule has 0 aliphatic carbocycles. The van der Waals surface area contributed by atoms with Gasteiger partial charge in [-0.25, -0.2) is 9.98 Å². The van der Waals surface area contributed by atoms with Crippen molar-refractivity contribution >= 4 is 29.5 Å². The number of hydrogen-bond donors (Lipinski definition) is 3. The molecular weight excluding hydrogens is 188 g/mol. The lowest BCUT2D eigenvalue weighted by Gasteiger charge is -2.00. The molecule has 68 valence electrons. The van der Waals surface area contributed by atoms with Crippen LogP contribution in [-0.4, -0.2) is 21.6 Å². The second-order valence-electron chi connectivity index (χ2n) is 2.03. The molecular formula is C7H8N4OS. The number of aliphatic imine (C=N–C) groups is 1. The summed E-state index contributed by atoms with van der Waals surface area (Å²) < 4.78 is 0. The molecule has 1 rings (SSSR count). The van der Waals surface area contributed by atoms with Crippen molar-refractivity contribution in [1.82, 2.24) is 10.5 Å². The Morgan fingerprint density at radius 3 is 3.08 bits per heavy atom. The lowest BCUT2D eigenvalue weighted by atomic mass is 10.5. The van der Waals surface area contributed by atoms with E-state index in [4.69, 9.17) is 17.4 Å². The number of rotatable bonds is 2. The maximum atomic E-state index is 8.18. The van der Waals surface area contributed by atoms with Gasteiger partial charge in [-0.2, -0.15) is 0 Å². The zero-order chi connectivity index (χ0) is 9.52. The van der Waals surface area contributed by atoms with Gasteiger partial charge in [-0.15, -0.1) is 0 Å². The van der Waals surface area contributed by atoms with Crippen LogP contribution in [-0.2, 0) is 0 Å². The quantitative estimate of drug-likeness (QED) is 0.282. The van der Waals surface area contributed by atoms with E-state index in [0.717, 1.165) is 6.34 Å². The Kier molecular flexibility index (Phi) is 3.80. The first-order valence-corrected chi connectivity index (χ1v) is 3.88. The predicted molar refractivity (Wildman–Crippen MR) is 53.9 cm³/mol. The Bertz CT molecular complexity index is 301. The Morgan fingerprint density at radius 2 is 2.46 bits per heavy atom. The summed E-state index contributed by atoms with van der Waals surface area (Å²) in [5, 5.41) is 11.1. The number of hydrogen-bond acceptors (Lipinski definition) is 3. The highest BCUT2D eigenvalue weighted by atomic mass is 32.1. The van der Waals surface area contributed by atoms with E-state index in [9.17, 15) is 0 Å². The predicted octanol–water partition coefficient (Wildman–Crippen LogP) is 0.785. The second-order valence-corrected chi connectivity index (χ2v) is 2.42. The van der Waals surface area contributed by atoms with E-state index in [0.29, 0.717) is 5.82 Å². The fraction of sp³-hybridized carbons (Fsp3) is 0. The minimum absolute atomic E-state index is 0.222. The third-order valence-electron chi connectivity index (χ3n) is 1.14. The van der Waals surface area contributed by atoms with Crippen LogP contribution in [0, 0.1) is 0 Å². The molecule has 0 saturated heterocycles. The van der Waals surface area contributed by atoms with Gasteiger partial charge >= 0.3 is 0 Å². The SMILES string of the molecule is ON/C=N/C(=S)Nc1ccccn1. The van der Waals surface area contributed by atoms with Gasteiger partial charge < -0.3 is 5.32 Å². The van der Waals surface area contributed by atoms with E-state index in [-0.39, 0.29) is 5.11 Å². The lowest BCUT2D eigenvalue weighted by Crippen LogP contribution is -2.11. The van der Waals surface area contributed by atoms with Crippen LogP contribution in [0.5, 0.6) is 0 Å². The molecule has 0 aliphatic rings. The smallest absolute Gasteiger partial charge is 0.199 e. The third-order valence-corrected chi connectivity index (χ3v) is 1.35. The molecule has 13 heavy (non-hydrogen) atoms. The second kappa shape index (κ2) is 5.18. The molecule has 0 amide bonds. The average Bonchev–Trinajstić information content (AvgIpc) is 2.16. The number of anilines is 1. The molecule has 0 aliphatic heterocycles. The summed E-state index contributed by atoms with van der Waals surface area (Å²) in [5.41, 5.74) is 1.74. The maximum absolute atomic E-state index is 8.18. The standard InChI is InChI=1S/C7H8N4OS/c12-10-5-9-7(13)11-6-3-1-2-4-8-6/h1-5,12H,(H2,8,9,10,11,13). The van der Waals surface area contributed by atoms with Crippen molar-refractivity contribution in [3.8, 4) is 0 Å². The first-order valence-electron chi connectivity index (χ1n) is 3.47. The molecule has 0 unspecified atom stereocenters. The van der Waals surface area contributed by atoms with Crippen LogP contribution >= 0.6 is 12.2 Å². The molecule has 1 aromatic rings. The van der Waals surface area contributed by atoms with E-state index in [2.05, 4.69) is 15.3 Å². The van der Waals surface area contributed by atoms with E-state index < -0.39 is 0 Å². The van der Waals surface area contributed by atoms with Gasteiger partial charge in [-0.3, -0.25) is 10.7 Å². The lowest BCUT2D eigenvalue weighted by molar-refractivity contribution is 0.240. The molecule has 5 nitrogen and oxygen atoms in total. The highest BCUT2D eigenvalue weighted by Crippen LogP contribution is 1.99. The van der Waals surface area contributed by atoms with Crippen LogP contribution in [0.3, 0.4) is 0 Å². The molecule has 6 heteroatoms. The van der Waals surface area contributed by atoms with Crippen LogP contribution in [0.2, 0.25) is 0 Å². The van der Waals surface area contributed by atoms with E-state index in [1.807, 2.05) is 6.07 Å². The molecule has 0 atom stereocenters. The highest BCUT2D eigenvalue weighted by Gasteiger charge is 1.93. The van der Waals surface area contributed by atoms with Crippen molar-refractivity contribution in [2.45, 2.75) is 0 Å². The summed E-state index contributed by atoms with van der Waals surface area (Å²) in [6.07, 6.45) is 2.71. The first kappa shape index (κ1) is 9.56. The number of pyridine rings is 1. The number of aromatic nitrogens is 1. The van der Waals surface area contributed by atoms with Crippen LogP contribution in [0.4, 0.5) is 5.82 Å². The molecule has 0 radical (unpaired) electrons. The first-order chi connectivity index (χ1) is 6.33. The van der Waals surface area contributed by atoms with Crippen LogP contribution < -0.4 is 10.8 Å². The summed E-state index contributed by atoms with van der Waals surface area (Å²) in [6.45, 7) is 0. The summed E-state index contributed by atoms with van der Waals surface area (Å²) >= 11 is 4.80. The average molecular weight is 196 g/mol. The topological polar surface area (TPSA) is 69.5 Å². The number of thiocarbonyl (C=S) groups is 1. The van der Waals surface area contributed by atoms with Gasteiger partial charge in [-0.05, 0) is 24.4 Å². The van der Waals surface area contributed by atoms with Crippen molar-refractivity contribution in [2.24, 2.45) is 4.99 Å². The molecule has 3 N–H and O–H groups in total. The minimum atomic E-state index is 0.222.